The molecule has 28 heavy (non-hydrogen) atoms. The van der Waals surface area contributed by atoms with Crippen LogP contribution in [0.2, 0.25) is 0 Å². The van der Waals surface area contributed by atoms with E-state index in [0.29, 0.717) is 11.1 Å². The topological polar surface area (TPSA) is 98.8 Å². The molecule has 1 atom stereocenters. The van der Waals surface area contributed by atoms with Crippen molar-refractivity contribution >= 4 is 22.0 Å². The fraction of sp³-hybridized carbons (Fsp3) is 0.300. The van der Waals surface area contributed by atoms with Crippen LogP contribution in [0, 0.1) is 13.8 Å². The van der Waals surface area contributed by atoms with Crippen LogP contribution in [-0.2, 0) is 24.3 Å². The summed E-state index contributed by atoms with van der Waals surface area (Å²) < 4.78 is 38.0. The highest BCUT2D eigenvalue weighted by Crippen LogP contribution is 2.24. The first-order valence-electron chi connectivity index (χ1n) is 8.52. The number of rotatable bonds is 7. The van der Waals surface area contributed by atoms with E-state index in [0.717, 1.165) is 5.56 Å². The van der Waals surface area contributed by atoms with Crippen molar-refractivity contribution in [1.82, 2.24) is 4.72 Å². The lowest BCUT2D eigenvalue weighted by molar-refractivity contribution is -0.141. The molecule has 0 saturated heterocycles. The molecular weight excluding hydrogens is 382 g/mol. The molecule has 2 rings (SSSR count). The van der Waals surface area contributed by atoms with E-state index in [1.54, 1.807) is 19.1 Å². The zero-order chi connectivity index (χ0) is 20.9. The molecule has 0 aliphatic heterocycles. The molecule has 0 aromatic heterocycles. The predicted octanol–water partition coefficient (Wildman–Crippen LogP) is 2.67. The Morgan fingerprint density at radius 2 is 1.64 bits per heavy atom. The molecule has 0 unspecified atom stereocenters. The number of ether oxygens (including phenoxy) is 2. The minimum Gasteiger partial charge on any atom is -0.469 e. The molecule has 7 nitrogen and oxygen atoms in total. The zero-order valence-electron chi connectivity index (χ0n) is 16.2. The lowest BCUT2D eigenvalue weighted by Gasteiger charge is -2.19. The number of hydrogen-bond donors (Lipinski definition) is 1. The maximum absolute atomic E-state index is 13.0. The summed E-state index contributed by atoms with van der Waals surface area (Å²) in [6.07, 6.45) is -0.172. The number of aryl methyl sites for hydroxylation is 2. The molecule has 8 heteroatoms. The van der Waals surface area contributed by atoms with Gasteiger partial charge in [-0.1, -0.05) is 35.9 Å². The Morgan fingerprint density at radius 3 is 2.21 bits per heavy atom. The Morgan fingerprint density at radius 1 is 1.00 bits per heavy atom. The summed E-state index contributed by atoms with van der Waals surface area (Å²) in [5.74, 6) is -1.19. The number of hydrogen-bond acceptors (Lipinski definition) is 6. The molecule has 0 bridgehead atoms. The maximum Gasteiger partial charge on any atom is 0.337 e. The van der Waals surface area contributed by atoms with Crippen molar-refractivity contribution in [3.05, 3.63) is 64.7 Å². The molecule has 1 N–H and O–H groups in total. The largest absolute Gasteiger partial charge is 0.469 e. The van der Waals surface area contributed by atoms with Crippen LogP contribution in [0.3, 0.4) is 0 Å². The van der Waals surface area contributed by atoms with Gasteiger partial charge in [-0.05, 0) is 37.1 Å². The zero-order valence-corrected chi connectivity index (χ0v) is 17.0. The predicted molar refractivity (Wildman–Crippen MR) is 103 cm³/mol. The van der Waals surface area contributed by atoms with Crippen LogP contribution < -0.4 is 4.72 Å². The molecule has 0 heterocycles. The Bertz CT molecular complexity index is 967. The van der Waals surface area contributed by atoms with E-state index in [2.05, 4.69) is 9.46 Å². The molecule has 0 radical (unpaired) electrons. The molecule has 0 fully saturated rings. The van der Waals surface area contributed by atoms with Gasteiger partial charge >= 0.3 is 11.9 Å². The summed E-state index contributed by atoms with van der Waals surface area (Å²) in [5, 5.41) is 0. The summed E-state index contributed by atoms with van der Waals surface area (Å²) in [4.78, 5) is 23.5. The fourth-order valence-corrected chi connectivity index (χ4v) is 4.16. The summed E-state index contributed by atoms with van der Waals surface area (Å²) in [5.41, 5.74) is 2.21. The molecular formula is C20H23NO6S. The standard InChI is InChI=1S/C20H23NO6S/c1-13-5-8-15(9-6-13)17(12-19(22)26-3)21-28(24,25)18-11-16(20(23)27-4)10-7-14(18)2/h5-11,17,21H,12H2,1-4H3/t17-/m1/s1. The quantitative estimate of drug-likeness (QED) is 0.711. The van der Waals surface area contributed by atoms with Crippen LogP contribution in [0.5, 0.6) is 0 Å². The van der Waals surface area contributed by atoms with Crippen LogP contribution in [0.4, 0.5) is 0 Å². The molecule has 150 valence electrons. The van der Waals surface area contributed by atoms with Crippen molar-refractivity contribution in [2.75, 3.05) is 14.2 Å². The highest BCUT2D eigenvalue weighted by molar-refractivity contribution is 7.89. The first-order valence-corrected chi connectivity index (χ1v) is 10.0. The Labute approximate surface area is 164 Å². The van der Waals surface area contributed by atoms with Crippen molar-refractivity contribution in [2.45, 2.75) is 31.2 Å². The Kier molecular flexibility index (Phi) is 6.93. The minimum atomic E-state index is -4.03. The maximum atomic E-state index is 13.0. The van der Waals surface area contributed by atoms with Gasteiger partial charge in [0.05, 0.1) is 37.1 Å². The number of nitrogens with one attached hydrogen (secondary N) is 1. The third-order valence-corrected chi connectivity index (χ3v) is 5.89. The van der Waals surface area contributed by atoms with Crippen molar-refractivity contribution in [3.63, 3.8) is 0 Å². The summed E-state index contributed by atoms with van der Waals surface area (Å²) >= 11 is 0. The molecule has 2 aromatic carbocycles. The van der Waals surface area contributed by atoms with E-state index in [9.17, 15) is 18.0 Å². The van der Waals surface area contributed by atoms with Gasteiger partial charge in [0.25, 0.3) is 0 Å². The first-order chi connectivity index (χ1) is 13.2. The van der Waals surface area contributed by atoms with Crippen molar-refractivity contribution in [1.29, 1.82) is 0 Å². The Balaban J connectivity index is 2.43. The lowest BCUT2D eigenvalue weighted by Crippen LogP contribution is -2.31. The average molecular weight is 405 g/mol. The van der Waals surface area contributed by atoms with E-state index >= 15 is 0 Å². The third kappa shape index (κ3) is 5.17. The SMILES string of the molecule is COC(=O)C[C@@H](NS(=O)(=O)c1cc(C(=O)OC)ccc1C)c1ccc(C)cc1. The normalized spacial score (nSPS) is 12.3. The third-order valence-electron chi connectivity index (χ3n) is 4.27. The van der Waals surface area contributed by atoms with E-state index in [-0.39, 0.29) is 16.9 Å². The monoisotopic (exact) mass is 405 g/mol. The smallest absolute Gasteiger partial charge is 0.337 e. The second-order valence-electron chi connectivity index (χ2n) is 6.34. The van der Waals surface area contributed by atoms with Gasteiger partial charge in [0.1, 0.15) is 0 Å². The van der Waals surface area contributed by atoms with E-state index in [1.807, 2.05) is 19.1 Å². The van der Waals surface area contributed by atoms with Gasteiger partial charge in [-0.15, -0.1) is 0 Å². The number of sulfonamides is 1. The Hall–Kier alpha value is -2.71. The van der Waals surface area contributed by atoms with Crippen LogP contribution in [0.15, 0.2) is 47.4 Å². The van der Waals surface area contributed by atoms with Crippen molar-refractivity contribution in [2.24, 2.45) is 0 Å². The van der Waals surface area contributed by atoms with Crippen LogP contribution in [0.25, 0.3) is 0 Å². The molecule has 0 spiro atoms. The number of esters is 2. The average Bonchev–Trinajstić information content (AvgIpc) is 2.67. The van der Waals surface area contributed by atoms with Crippen LogP contribution in [-0.4, -0.2) is 34.6 Å². The van der Waals surface area contributed by atoms with Crippen molar-refractivity contribution < 1.29 is 27.5 Å². The molecule has 0 aliphatic carbocycles. The van der Waals surface area contributed by atoms with Gasteiger partial charge in [0.15, 0.2) is 0 Å². The van der Waals surface area contributed by atoms with Crippen molar-refractivity contribution in [3.8, 4) is 0 Å². The fourth-order valence-electron chi connectivity index (χ4n) is 2.66. The van der Waals surface area contributed by atoms with Gasteiger partial charge in [-0.3, -0.25) is 4.79 Å². The van der Waals surface area contributed by atoms with E-state index in [4.69, 9.17) is 4.74 Å². The lowest BCUT2D eigenvalue weighted by atomic mass is 10.0. The van der Waals surface area contributed by atoms with Gasteiger partial charge in [0, 0.05) is 0 Å². The van der Waals surface area contributed by atoms with E-state index in [1.165, 1.54) is 32.4 Å². The molecule has 0 saturated carbocycles. The number of methoxy groups -OCH3 is 2. The highest BCUT2D eigenvalue weighted by atomic mass is 32.2. The molecule has 0 aliphatic rings. The molecule has 0 amide bonds. The second kappa shape index (κ2) is 8.99. The number of carbonyl (C=O) groups excluding carboxylic acids is 2. The summed E-state index contributed by atoms with van der Waals surface area (Å²) in [6.45, 7) is 3.53. The number of benzene rings is 2. The number of carbonyl (C=O) groups is 2. The van der Waals surface area contributed by atoms with E-state index < -0.39 is 28.0 Å². The first kappa shape index (κ1) is 21.6. The van der Waals surface area contributed by atoms with Gasteiger partial charge in [0.2, 0.25) is 10.0 Å². The van der Waals surface area contributed by atoms with Gasteiger partial charge in [-0.2, -0.15) is 0 Å². The highest BCUT2D eigenvalue weighted by Gasteiger charge is 2.26. The van der Waals surface area contributed by atoms with Crippen LogP contribution >= 0.6 is 0 Å². The van der Waals surface area contributed by atoms with Gasteiger partial charge in [-0.25, -0.2) is 17.9 Å². The molecule has 2 aromatic rings. The summed E-state index contributed by atoms with van der Waals surface area (Å²) in [7, 11) is -1.57. The summed E-state index contributed by atoms with van der Waals surface area (Å²) in [6, 6.07) is 10.6. The second-order valence-corrected chi connectivity index (χ2v) is 8.02. The van der Waals surface area contributed by atoms with Gasteiger partial charge < -0.3 is 9.47 Å². The minimum absolute atomic E-state index is 0.0580. The van der Waals surface area contributed by atoms with Crippen LogP contribution in [0.1, 0.15) is 39.5 Å².